The van der Waals surface area contributed by atoms with Gasteiger partial charge in [0, 0.05) is 48.4 Å². The quantitative estimate of drug-likeness (QED) is 0.0971. The first kappa shape index (κ1) is 31.0. The number of carbonyl (C=O) groups excluding carboxylic acids is 1. The standard InChI is InChI=1S/C36H26Br2N2O2S4/c37-19-3-7-23-21-5-1-17(9-25(21)35(13-43,14-44)27(23)11-19)31-29-30(34(42)39-31)32(40-33(29)41)18-2-6-22-24-8-4-20(38)12-28(24)36(15-45,16-46)26(22)10-18/h1-12,39,42-46H,13-16H2. The number of benzene rings is 4. The number of nitrogens with one attached hydrogen (secondary N) is 1. The van der Waals surface area contributed by atoms with Crippen LogP contribution in [0.4, 0.5) is 0 Å². The number of thiol groups is 4. The fraction of sp³-hybridized carbons (Fsp3) is 0.167. The second-order valence-electron chi connectivity index (χ2n) is 12.1. The van der Waals surface area contributed by atoms with Gasteiger partial charge in [0.25, 0.3) is 5.91 Å². The third-order valence-corrected chi connectivity index (χ3v) is 13.1. The fourth-order valence-electron chi connectivity index (χ4n) is 7.59. The maximum Gasteiger partial charge on any atom is 0.280 e. The van der Waals surface area contributed by atoms with Crippen LogP contribution in [0.2, 0.25) is 0 Å². The van der Waals surface area contributed by atoms with E-state index >= 15 is 0 Å². The van der Waals surface area contributed by atoms with E-state index in [4.69, 9.17) is 50.5 Å². The Bertz CT molecular complexity index is 2180. The van der Waals surface area contributed by atoms with E-state index in [9.17, 15) is 9.90 Å². The van der Waals surface area contributed by atoms with E-state index in [2.05, 4.69) is 90.4 Å². The summed E-state index contributed by atoms with van der Waals surface area (Å²) in [5.74, 6) is 1.78. The smallest absolute Gasteiger partial charge is 0.280 e. The Morgan fingerprint density at radius 3 is 1.57 bits per heavy atom. The van der Waals surface area contributed by atoms with Crippen molar-refractivity contribution < 1.29 is 9.90 Å². The molecule has 4 nitrogen and oxygen atoms in total. The molecular weight excluding hydrogens is 780 g/mol. The molecule has 1 aliphatic heterocycles. The van der Waals surface area contributed by atoms with Crippen LogP contribution in [0.25, 0.3) is 33.5 Å². The maximum atomic E-state index is 13.7. The minimum absolute atomic E-state index is 0.0839. The van der Waals surface area contributed by atoms with Gasteiger partial charge < -0.3 is 10.1 Å². The van der Waals surface area contributed by atoms with Gasteiger partial charge in [0.2, 0.25) is 0 Å². The Kier molecular flexibility index (Phi) is 7.47. The highest BCUT2D eigenvalue weighted by Gasteiger charge is 2.44. The molecule has 0 unspecified atom stereocenters. The highest BCUT2D eigenvalue weighted by molar-refractivity contribution is 9.10. The zero-order chi connectivity index (χ0) is 32.1. The minimum atomic E-state index is -0.419. The lowest BCUT2D eigenvalue weighted by Gasteiger charge is -2.29. The molecule has 2 N–H and O–H groups in total. The Labute approximate surface area is 305 Å². The molecule has 2 aliphatic carbocycles. The molecule has 0 spiro atoms. The Balaban J connectivity index is 1.25. The molecule has 3 aliphatic rings. The number of H-pyrrole nitrogens is 1. The van der Waals surface area contributed by atoms with Crippen molar-refractivity contribution >= 4 is 94.0 Å². The van der Waals surface area contributed by atoms with Gasteiger partial charge in [0.05, 0.1) is 22.5 Å². The van der Waals surface area contributed by atoms with Crippen molar-refractivity contribution in [3.8, 4) is 39.4 Å². The number of hydrogen-bond donors (Lipinski definition) is 6. The number of aliphatic imine (C=N–C) groups is 1. The normalized spacial score (nSPS) is 16.1. The van der Waals surface area contributed by atoms with Crippen molar-refractivity contribution in [1.82, 2.24) is 4.98 Å². The number of carbonyl (C=O) groups is 1. The number of hydrogen-bond acceptors (Lipinski definition) is 6. The molecule has 4 aromatic carbocycles. The number of fused-ring (bicyclic) bond motifs is 7. The number of nitrogens with zero attached hydrogens (tertiary/aromatic N) is 1. The van der Waals surface area contributed by atoms with Crippen LogP contribution in [0.1, 0.15) is 43.7 Å². The molecule has 2 heterocycles. The van der Waals surface area contributed by atoms with Gasteiger partial charge in [-0.2, -0.15) is 50.5 Å². The highest BCUT2D eigenvalue weighted by Crippen LogP contribution is 2.54. The third kappa shape index (κ3) is 4.10. The van der Waals surface area contributed by atoms with Crippen LogP contribution < -0.4 is 0 Å². The molecule has 46 heavy (non-hydrogen) atoms. The third-order valence-electron chi connectivity index (χ3n) is 9.93. The summed E-state index contributed by atoms with van der Waals surface area (Å²) in [7, 11) is 0. The summed E-state index contributed by atoms with van der Waals surface area (Å²) in [4.78, 5) is 21.3. The topological polar surface area (TPSA) is 65.4 Å². The van der Waals surface area contributed by atoms with E-state index in [1.165, 1.54) is 11.1 Å². The molecule has 0 saturated heterocycles. The lowest BCUT2D eigenvalue weighted by molar-refractivity contribution is 0.101. The summed E-state index contributed by atoms with van der Waals surface area (Å²) in [6, 6.07) is 24.9. The number of aromatic nitrogens is 1. The van der Waals surface area contributed by atoms with Crippen LogP contribution in [0.3, 0.4) is 0 Å². The van der Waals surface area contributed by atoms with Crippen molar-refractivity contribution in [2.75, 3.05) is 23.0 Å². The summed E-state index contributed by atoms with van der Waals surface area (Å²) >= 11 is 26.5. The molecular formula is C36H26Br2N2O2S4. The van der Waals surface area contributed by atoms with Gasteiger partial charge >= 0.3 is 0 Å². The SMILES string of the molecule is O=C1N=C(c2ccc3c(c2)C(CS)(CS)c2cc(Br)ccc2-3)c2c(O)[nH]c(-c3ccc4c(c3)C(CS)(CS)c3cc(Br)ccc3-4)c21. The second-order valence-corrected chi connectivity index (χ2v) is 15.2. The molecule has 1 aromatic heterocycles. The number of halogens is 2. The first-order valence-corrected chi connectivity index (χ1v) is 18.7. The van der Waals surface area contributed by atoms with E-state index in [1.54, 1.807) is 0 Å². The second kappa shape index (κ2) is 11.1. The van der Waals surface area contributed by atoms with Crippen LogP contribution in [-0.4, -0.2) is 44.7 Å². The average molecular weight is 807 g/mol. The van der Waals surface area contributed by atoms with Crippen LogP contribution in [0.5, 0.6) is 5.88 Å². The van der Waals surface area contributed by atoms with Crippen molar-refractivity contribution in [1.29, 1.82) is 0 Å². The van der Waals surface area contributed by atoms with E-state index in [1.807, 2.05) is 24.3 Å². The monoisotopic (exact) mass is 804 g/mol. The van der Waals surface area contributed by atoms with E-state index in [0.29, 0.717) is 45.5 Å². The maximum absolute atomic E-state index is 13.7. The summed E-state index contributed by atoms with van der Waals surface area (Å²) in [5, 5.41) is 11.3. The average Bonchev–Trinajstić information content (AvgIpc) is 3.76. The Morgan fingerprint density at radius 1 is 0.630 bits per heavy atom. The van der Waals surface area contributed by atoms with Gasteiger partial charge in [-0.1, -0.05) is 68.3 Å². The van der Waals surface area contributed by atoms with Crippen molar-refractivity contribution in [3.05, 3.63) is 121 Å². The van der Waals surface area contributed by atoms with Crippen LogP contribution in [-0.2, 0) is 10.8 Å². The molecule has 230 valence electrons. The summed E-state index contributed by atoms with van der Waals surface area (Å²) in [6.07, 6.45) is 0. The molecule has 0 saturated carbocycles. The predicted molar refractivity (Wildman–Crippen MR) is 208 cm³/mol. The van der Waals surface area contributed by atoms with Gasteiger partial charge in [0.1, 0.15) is 0 Å². The Hall–Kier alpha value is -2.34. The fourth-order valence-corrected chi connectivity index (χ4v) is 10.5. The van der Waals surface area contributed by atoms with E-state index in [-0.39, 0.29) is 11.8 Å². The molecule has 0 fully saturated rings. The summed E-state index contributed by atoms with van der Waals surface area (Å²) in [6.45, 7) is 0. The van der Waals surface area contributed by atoms with Gasteiger partial charge in [-0.15, -0.1) is 0 Å². The Morgan fingerprint density at radius 2 is 1.07 bits per heavy atom. The van der Waals surface area contributed by atoms with E-state index in [0.717, 1.165) is 53.5 Å². The summed E-state index contributed by atoms with van der Waals surface area (Å²) < 4.78 is 2.00. The van der Waals surface area contributed by atoms with E-state index < -0.39 is 10.8 Å². The lowest BCUT2D eigenvalue weighted by atomic mass is 9.81. The number of rotatable bonds is 6. The van der Waals surface area contributed by atoms with Gasteiger partial charge in [-0.3, -0.25) is 4.79 Å². The first-order chi connectivity index (χ1) is 22.2. The molecule has 8 rings (SSSR count). The van der Waals surface area contributed by atoms with Crippen molar-refractivity contribution in [3.63, 3.8) is 0 Å². The van der Waals surface area contributed by atoms with Gasteiger partial charge in [-0.25, -0.2) is 4.99 Å². The number of aromatic hydroxyl groups is 1. The van der Waals surface area contributed by atoms with Crippen molar-refractivity contribution in [2.24, 2.45) is 4.99 Å². The zero-order valence-electron chi connectivity index (χ0n) is 24.1. The number of aromatic amines is 1. The minimum Gasteiger partial charge on any atom is -0.494 e. The lowest BCUT2D eigenvalue weighted by Crippen LogP contribution is -2.30. The van der Waals surface area contributed by atoms with Crippen LogP contribution >= 0.6 is 82.4 Å². The van der Waals surface area contributed by atoms with Crippen LogP contribution in [0, 0.1) is 0 Å². The first-order valence-electron chi connectivity index (χ1n) is 14.6. The molecule has 5 aromatic rings. The molecule has 0 atom stereocenters. The molecule has 0 radical (unpaired) electrons. The van der Waals surface area contributed by atoms with Crippen LogP contribution in [0.15, 0.2) is 86.7 Å². The molecule has 0 bridgehead atoms. The highest BCUT2D eigenvalue weighted by atomic mass is 79.9. The van der Waals surface area contributed by atoms with Gasteiger partial charge in [-0.05, 0) is 86.5 Å². The molecule has 10 heteroatoms. The van der Waals surface area contributed by atoms with Crippen molar-refractivity contribution in [2.45, 2.75) is 10.8 Å². The largest absolute Gasteiger partial charge is 0.494 e. The number of amides is 1. The summed E-state index contributed by atoms with van der Waals surface area (Å²) in [5.41, 5.74) is 11.5. The molecule has 1 amide bonds. The van der Waals surface area contributed by atoms with Gasteiger partial charge in [0.15, 0.2) is 5.88 Å². The predicted octanol–water partition coefficient (Wildman–Crippen LogP) is 9.16. The zero-order valence-corrected chi connectivity index (χ0v) is 30.9.